The van der Waals surface area contributed by atoms with Crippen LogP contribution in [0, 0.1) is 0 Å². The second-order valence-corrected chi connectivity index (χ2v) is 7.91. The lowest BCUT2D eigenvalue weighted by molar-refractivity contribution is 0.591. The van der Waals surface area contributed by atoms with Crippen LogP contribution >= 0.6 is 0 Å². The van der Waals surface area contributed by atoms with Crippen LogP contribution < -0.4 is 4.31 Å². The lowest BCUT2D eigenvalue weighted by atomic mass is 10.2. The molecule has 1 aromatic rings. The standard InChI is InChI=1S/C11H13NO4S2/c1-17(13,14)12(10-5-3-2-4-6-10)11-7-8-18(15,16)9-11/h2-8,11H,9H2,1H3. The first-order chi connectivity index (χ1) is 8.30. The fourth-order valence-electron chi connectivity index (χ4n) is 1.91. The van der Waals surface area contributed by atoms with Gasteiger partial charge in [0.2, 0.25) is 10.0 Å². The molecule has 1 heterocycles. The van der Waals surface area contributed by atoms with E-state index in [1.165, 1.54) is 6.08 Å². The zero-order valence-electron chi connectivity index (χ0n) is 9.72. The molecule has 98 valence electrons. The molecule has 2 rings (SSSR count). The number of anilines is 1. The Hall–Kier alpha value is -1.34. The van der Waals surface area contributed by atoms with Crippen molar-refractivity contribution in [2.45, 2.75) is 6.04 Å². The van der Waals surface area contributed by atoms with E-state index in [-0.39, 0.29) is 5.75 Å². The van der Waals surface area contributed by atoms with E-state index in [1.807, 2.05) is 0 Å². The quantitative estimate of drug-likeness (QED) is 0.823. The number of rotatable bonds is 3. The number of benzene rings is 1. The third-order valence-electron chi connectivity index (χ3n) is 2.58. The summed E-state index contributed by atoms with van der Waals surface area (Å²) in [6.07, 6.45) is 2.47. The molecule has 1 aliphatic heterocycles. The molecule has 0 N–H and O–H groups in total. The first-order valence-electron chi connectivity index (χ1n) is 5.25. The lowest BCUT2D eigenvalue weighted by Crippen LogP contribution is -2.40. The molecule has 0 saturated carbocycles. The molecule has 0 fully saturated rings. The number of para-hydroxylation sites is 1. The minimum absolute atomic E-state index is 0.213. The van der Waals surface area contributed by atoms with E-state index in [0.29, 0.717) is 5.69 Å². The number of hydrogen-bond acceptors (Lipinski definition) is 4. The van der Waals surface area contributed by atoms with Gasteiger partial charge in [-0.05, 0) is 18.2 Å². The number of sulfone groups is 1. The predicted octanol–water partition coefficient (Wildman–Crippen LogP) is 0.763. The summed E-state index contributed by atoms with van der Waals surface area (Å²) in [5.74, 6) is -0.213. The van der Waals surface area contributed by atoms with Crippen molar-refractivity contribution < 1.29 is 16.8 Å². The minimum atomic E-state index is -3.53. The monoisotopic (exact) mass is 287 g/mol. The van der Waals surface area contributed by atoms with E-state index in [0.717, 1.165) is 16.0 Å². The highest BCUT2D eigenvalue weighted by Gasteiger charge is 2.32. The smallest absolute Gasteiger partial charge is 0.232 e. The maximum Gasteiger partial charge on any atom is 0.232 e. The third-order valence-corrected chi connectivity index (χ3v) is 5.15. The summed E-state index contributed by atoms with van der Waals surface area (Å²) in [6, 6.07) is 7.79. The Balaban J connectivity index is 2.44. The number of sulfonamides is 1. The van der Waals surface area contributed by atoms with Gasteiger partial charge in [0.25, 0.3) is 0 Å². The normalized spacial score (nSPS) is 21.9. The molecule has 1 atom stereocenters. The van der Waals surface area contributed by atoms with Gasteiger partial charge in [0.05, 0.1) is 23.7 Å². The van der Waals surface area contributed by atoms with Gasteiger partial charge in [-0.1, -0.05) is 18.2 Å². The van der Waals surface area contributed by atoms with E-state index in [1.54, 1.807) is 30.3 Å². The van der Waals surface area contributed by atoms with Gasteiger partial charge in [0.1, 0.15) is 0 Å². The molecular formula is C11H13NO4S2. The van der Waals surface area contributed by atoms with E-state index < -0.39 is 25.9 Å². The molecule has 0 amide bonds. The van der Waals surface area contributed by atoms with Gasteiger partial charge in [0.15, 0.2) is 9.84 Å². The van der Waals surface area contributed by atoms with Crippen LogP contribution in [0.3, 0.4) is 0 Å². The molecule has 0 aliphatic carbocycles. The molecule has 18 heavy (non-hydrogen) atoms. The summed E-state index contributed by atoms with van der Waals surface area (Å²) in [5.41, 5.74) is 0.465. The molecule has 0 saturated heterocycles. The van der Waals surface area contributed by atoms with Crippen LogP contribution in [-0.4, -0.2) is 34.9 Å². The first-order valence-corrected chi connectivity index (χ1v) is 8.81. The molecule has 1 unspecified atom stereocenters. The summed E-state index contributed by atoms with van der Waals surface area (Å²) in [5, 5.41) is 1.07. The molecule has 0 radical (unpaired) electrons. The van der Waals surface area contributed by atoms with Crippen molar-refractivity contribution in [3.05, 3.63) is 41.8 Å². The van der Waals surface area contributed by atoms with Crippen molar-refractivity contribution in [2.24, 2.45) is 0 Å². The van der Waals surface area contributed by atoms with Crippen LogP contribution in [-0.2, 0) is 19.9 Å². The van der Waals surface area contributed by atoms with Crippen LogP contribution in [0.25, 0.3) is 0 Å². The fraction of sp³-hybridized carbons (Fsp3) is 0.273. The summed E-state index contributed by atoms with van der Waals surface area (Å²) in [4.78, 5) is 0. The summed E-state index contributed by atoms with van der Waals surface area (Å²) in [6.45, 7) is 0. The molecular weight excluding hydrogens is 274 g/mol. The molecule has 1 aliphatic rings. The third kappa shape index (κ3) is 2.73. The topological polar surface area (TPSA) is 71.5 Å². The van der Waals surface area contributed by atoms with Crippen molar-refractivity contribution in [1.82, 2.24) is 0 Å². The molecule has 0 aromatic heterocycles. The van der Waals surface area contributed by atoms with E-state index in [4.69, 9.17) is 0 Å². The molecule has 0 bridgehead atoms. The van der Waals surface area contributed by atoms with E-state index in [9.17, 15) is 16.8 Å². The van der Waals surface area contributed by atoms with Crippen molar-refractivity contribution >= 4 is 25.5 Å². The Morgan fingerprint density at radius 2 is 1.83 bits per heavy atom. The van der Waals surface area contributed by atoms with E-state index >= 15 is 0 Å². The summed E-state index contributed by atoms with van der Waals surface area (Å²) in [7, 11) is -6.83. The Morgan fingerprint density at radius 3 is 2.28 bits per heavy atom. The van der Waals surface area contributed by atoms with Gasteiger partial charge in [-0.15, -0.1) is 0 Å². The lowest BCUT2D eigenvalue weighted by Gasteiger charge is -2.27. The van der Waals surface area contributed by atoms with Crippen molar-refractivity contribution in [3.63, 3.8) is 0 Å². The Labute approximate surface area is 107 Å². The SMILES string of the molecule is CS(=O)(=O)N(c1ccccc1)C1C=CS(=O)(=O)C1. The van der Waals surface area contributed by atoms with Crippen LogP contribution in [0.5, 0.6) is 0 Å². The Bertz CT molecular complexity index is 662. The second kappa shape index (κ2) is 4.40. The van der Waals surface area contributed by atoms with Crippen LogP contribution in [0.15, 0.2) is 41.8 Å². The molecule has 1 aromatic carbocycles. The largest absolute Gasteiger partial charge is 0.263 e. The van der Waals surface area contributed by atoms with Crippen molar-refractivity contribution in [3.8, 4) is 0 Å². The van der Waals surface area contributed by atoms with E-state index in [2.05, 4.69) is 0 Å². The zero-order chi connectivity index (χ0) is 13.4. The van der Waals surface area contributed by atoms with Crippen molar-refractivity contribution in [2.75, 3.05) is 16.3 Å². The maximum absolute atomic E-state index is 11.8. The molecule has 7 heteroatoms. The van der Waals surface area contributed by atoms with Crippen LogP contribution in [0.1, 0.15) is 0 Å². The highest BCUT2D eigenvalue weighted by Crippen LogP contribution is 2.24. The highest BCUT2D eigenvalue weighted by atomic mass is 32.2. The van der Waals surface area contributed by atoms with Crippen LogP contribution in [0.2, 0.25) is 0 Å². The Kier molecular flexibility index (Phi) is 3.20. The second-order valence-electron chi connectivity index (χ2n) is 4.12. The zero-order valence-corrected chi connectivity index (χ0v) is 11.4. The van der Waals surface area contributed by atoms with Crippen LogP contribution in [0.4, 0.5) is 5.69 Å². The predicted molar refractivity (Wildman–Crippen MR) is 70.5 cm³/mol. The Morgan fingerprint density at radius 1 is 1.22 bits per heavy atom. The molecule has 0 spiro atoms. The van der Waals surface area contributed by atoms with Gasteiger partial charge in [0, 0.05) is 5.41 Å². The summed E-state index contributed by atoms with van der Waals surface area (Å²) < 4.78 is 47.6. The average molecular weight is 287 g/mol. The fourth-order valence-corrected chi connectivity index (χ4v) is 4.41. The van der Waals surface area contributed by atoms with Crippen molar-refractivity contribution in [1.29, 1.82) is 0 Å². The average Bonchev–Trinajstić information content (AvgIpc) is 2.58. The first kappa shape index (κ1) is 13.1. The maximum atomic E-state index is 11.8. The number of nitrogens with zero attached hydrogens (tertiary/aromatic N) is 1. The number of hydrogen-bond donors (Lipinski definition) is 0. The van der Waals surface area contributed by atoms with Gasteiger partial charge in [-0.2, -0.15) is 0 Å². The van der Waals surface area contributed by atoms with Gasteiger partial charge >= 0.3 is 0 Å². The van der Waals surface area contributed by atoms with Gasteiger partial charge in [-0.3, -0.25) is 4.31 Å². The minimum Gasteiger partial charge on any atom is -0.263 e. The van der Waals surface area contributed by atoms with Gasteiger partial charge < -0.3 is 0 Å². The van der Waals surface area contributed by atoms with Gasteiger partial charge in [-0.25, -0.2) is 16.8 Å². The molecule has 5 nitrogen and oxygen atoms in total. The highest BCUT2D eigenvalue weighted by molar-refractivity contribution is 7.95. The summed E-state index contributed by atoms with van der Waals surface area (Å²) >= 11 is 0.